The summed E-state index contributed by atoms with van der Waals surface area (Å²) in [5.41, 5.74) is 6.81. The lowest BCUT2D eigenvalue weighted by atomic mass is 9.82. The van der Waals surface area contributed by atoms with E-state index in [1.165, 1.54) is 14.2 Å². The monoisotopic (exact) mass is 878 g/mol. The van der Waals surface area contributed by atoms with Crippen molar-refractivity contribution in [2.45, 2.75) is 94.4 Å². The average molecular weight is 879 g/mol. The molecule has 0 unspecified atom stereocenters. The van der Waals surface area contributed by atoms with Gasteiger partial charge in [-0.25, -0.2) is 9.78 Å². The summed E-state index contributed by atoms with van der Waals surface area (Å²) in [4.78, 5) is 70.7. The van der Waals surface area contributed by atoms with Gasteiger partial charge in [0.15, 0.2) is 0 Å². The summed E-state index contributed by atoms with van der Waals surface area (Å²) in [7, 11) is 2.70. The summed E-state index contributed by atoms with van der Waals surface area (Å²) in [5, 5.41) is 3.30. The molecule has 5 aliphatic heterocycles. The number of benzene rings is 2. The average Bonchev–Trinajstić information content (AvgIpc) is 3.97. The Balaban J connectivity index is 0.792. The predicted octanol–water partition coefficient (Wildman–Crippen LogP) is 6.99. The molecule has 10 rings (SSSR count). The number of nitrogens with zero attached hydrogens (tertiary/aromatic N) is 4. The van der Waals surface area contributed by atoms with Gasteiger partial charge >= 0.3 is 12.1 Å². The SMILES string of the molecule is COC(=O)C[C@H](C(=O)N1[C@@H]2C[C@@H]2C[C@H]1c1nc(-c2ccc(-c3ccc(C4=CN=C([C@@H]5C[C@H]6C[C@H]6N5C(=O)[C@@H](NC(=O)OC)C5CCOCC5)C4)cc3)cc2)c(Cl)[nH]1)C1CCOCC1. The number of nitrogens with one attached hydrogen (secondary N) is 2. The van der Waals surface area contributed by atoms with Gasteiger partial charge in [-0.2, -0.15) is 0 Å². The molecule has 6 fully saturated rings. The van der Waals surface area contributed by atoms with Crippen LogP contribution in [0.4, 0.5) is 4.79 Å². The fraction of sp³-hybridized carbons (Fsp3) is 0.542. The smallest absolute Gasteiger partial charge is 0.407 e. The minimum Gasteiger partial charge on any atom is -0.469 e. The highest BCUT2D eigenvalue weighted by molar-refractivity contribution is 6.32. The fourth-order valence-electron chi connectivity index (χ4n) is 11.1. The number of aromatic nitrogens is 2. The number of carbonyl (C=O) groups excluding carboxylic acids is 4. The second-order valence-corrected chi connectivity index (χ2v) is 18.8. The number of fused-ring (bicyclic) bond motifs is 2. The number of H-pyrrole nitrogens is 1. The molecule has 63 heavy (non-hydrogen) atoms. The van der Waals surface area contributed by atoms with E-state index in [4.69, 9.17) is 40.5 Å². The lowest BCUT2D eigenvalue weighted by Gasteiger charge is -2.36. The minimum atomic E-state index is -0.652. The van der Waals surface area contributed by atoms with Crippen LogP contribution >= 0.6 is 11.6 Å². The maximum atomic E-state index is 14.3. The minimum absolute atomic E-state index is 0.00155. The zero-order valence-electron chi connectivity index (χ0n) is 35.8. The van der Waals surface area contributed by atoms with Crippen molar-refractivity contribution in [3.63, 3.8) is 0 Å². The molecule has 3 aromatic rings. The van der Waals surface area contributed by atoms with E-state index in [1.54, 1.807) is 0 Å². The van der Waals surface area contributed by atoms with Crippen molar-refractivity contribution in [1.29, 1.82) is 0 Å². The van der Waals surface area contributed by atoms with Crippen LogP contribution < -0.4 is 5.32 Å². The van der Waals surface area contributed by atoms with E-state index in [-0.39, 0.29) is 60.2 Å². The molecular formula is C48H55ClN6O8. The number of alkyl carbamates (subject to hydrolysis) is 1. The number of carbonyl (C=O) groups is 4. The largest absolute Gasteiger partial charge is 0.469 e. The molecule has 0 bridgehead atoms. The number of ether oxygens (including phenoxy) is 4. The third-order valence-electron chi connectivity index (χ3n) is 14.8. The lowest BCUT2D eigenvalue weighted by molar-refractivity contribution is -0.150. The highest BCUT2D eigenvalue weighted by Gasteiger charge is 2.58. The van der Waals surface area contributed by atoms with Crippen LogP contribution in [0.5, 0.6) is 0 Å². The Labute approximate surface area is 372 Å². The van der Waals surface area contributed by atoms with Gasteiger partial charge in [0.25, 0.3) is 0 Å². The Hall–Kier alpha value is -5.05. The molecule has 4 saturated heterocycles. The van der Waals surface area contributed by atoms with E-state index in [1.807, 2.05) is 28.1 Å². The number of halogens is 1. The van der Waals surface area contributed by atoms with E-state index in [9.17, 15) is 19.2 Å². The first kappa shape index (κ1) is 41.9. The Morgan fingerprint density at radius 1 is 0.762 bits per heavy atom. The topological polar surface area (TPSA) is 165 Å². The number of amides is 3. The summed E-state index contributed by atoms with van der Waals surface area (Å²) < 4.78 is 21.1. The molecule has 2 aromatic carbocycles. The van der Waals surface area contributed by atoms with Gasteiger partial charge in [0.1, 0.15) is 22.7 Å². The predicted molar refractivity (Wildman–Crippen MR) is 234 cm³/mol. The maximum Gasteiger partial charge on any atom is 0.407 e. The van der Waals surface area contributed by atoms with Crippen molar-refractivity contribution in [1.82, 2.24) is 25.1 Å². The Morgan fingerprint density at radius 2 is 1.33 bits per heavy atom. The molecule has 7 aliphatic rings. The van der Waals surface area contributed by atoms with Gasteiger partial charge in [0.2, 0.25) is 11.8 Å². The van der Waals surface area contributed by atoms with Crippen LogP contribution in [0.15, 0.2) is 59.7 Å². The second kappa shape index (κ2) is 17.5. The first-order valence-corrected chi connectivity index (χ1v) is 23.0. The zero-order chi connectivity index (χ0) is 43.4. The highest BCUT2D eigenvalue weighted by atomic mass is 35.5. The van der Waals surface area contributed by atoms with Gasteiger partial charge in [-0.05, 0) is 97.3 Å². The Kier molecular flexibility index (Phi) is 11.6. The summed E-state index contributed by atoms with van der Waals surface area (Å²) in [6.07, 6.45) is 8.65. The number of aromatic amines is 1. The van der Waals surface area contributed by atoms with E-state index in [0.717, 1.165) is 72.1 Å². The summed E-state index contributed by atoms with van der Waals surface area (Å²) in [6.45, 7) is 2.33. The van der Waals surface area contributed by atoms with Crippen molar-refractivity contribution in [3.05, 3.63) is 71.3 Å². The Morgan fingerprint density at radius 3 is 1.95 bits per heavy atom. The number of likely N-dealkylation sites (tertiary alicyclic amines) is 2. The first-order chi connectivity index (χ1) is 30.7. The molecule has 3 amide bonds. The van der Waals surface area contributed by atoms with Crippen LogP contribution in [0.3, 0.4) is 0 Å². The molecule has 15 heteroatoms. The van der Waals surface area contributed by atoms with Gasteiger partial charge in [0.05, 0.1) is 38.6 Å². The van der Waals surface area contributed by atoms with Gasteiger partial charge < -0.3 is 39.0 Å². The van der Waals surface area contributed by atoms with Crippen LogP contribution in [0.25, 0.3) is 28.0 Å². The van der Waals surface area contributed by atoms with Gasteiger partial charge in [-0.1, -0.05) is 60.1 Å². The van der Waals surface area contributed by atoms with Gasteiger partial charge in [-0.15, -0.1) is 0 Å². The highest BCUT2D eigenvalue weighted by Crippen LogP contribution is 2.55. The number of hydrogen-bond donors (Lipinski definition) is 2. The number of esters is 1. The Bertz CT molecular complexity index is 2300. The number of rotatable bonds is 12. The van der Waals surface area contributed by atoms with Crippen molar-refractivity contribution in [2.24, 2.45) is 34.6 Å². The lowest BCUT2D eigenvalue weighted by Crippen LogP contribution is -2.56. The number of piperidine rings is 2. The molecule has 2 saturated carbocycles. The van der Waals surface area contributed by atoms with Crippen LogP contribution in [0.1, 0.15) is 81.6 Å². The molecule has 8 atom stereocenters. The molecule has 2 aliphatic carbocycles. The molecule has 1 aromatic heterocycles. The van der Waals surface area contributed by atoms with Crippen LogP contribution in [0.2, 0.25) is 5.15 Å². The van der Waals surface area contributed by atoms with Crippen LogP contribution in [-0.2, 0) is 33.3 Å². The molecular weight excluding hydrogens is 824 g/mol. The van der Waals surface area contributed by atoms with E-state index < -0.39 is 18.1 Å². The number of aliphatic imine (C=N–C) groups is 1. The molecule has 0 spiro atoms. The van der Waals surface area contributed by atoms with Gasteiger partial charge in [-0.3, -0.25) is 19.4 Å². The summed E-state index contributed by atoms with van der Waals surface area (Å²) >= 11 is 6.84. The standard InChI is InChI=1S/C48H55ClN6O8/c1-60-41(56)24-35(29-11-15-62-16-12-29)46(57)55-38-21-33(38)23-40(55)45-51-42(44(49)53-45)30-9-7-27(8-10-30)26-3-5-28(6-4-26)34-19-36(50-25-34)39-22-32-20-37(32)54(39)47(58)43(52-48(59)61-2)31-13-17-63-18-14-31/h3-10,25,29,31-33,35,37-40,43H,11-24H2,1-2H3,(H,51,53)(H,52,59)/t32-,33-,35+,37-,38-,39+,40+,43+/m1/s1. The van der Waals surface area contributed by atoms with Crippen molar-refractivity contribution >= 4 is 46.8 Å². The maximum absolute atomic E-state index is 14.3. The molecule has 14 nitrogen and oxygen atoms in total. The quantitative estimate of drug-likeness (QED) is 0.183. The summed E-state index contributed by atoms with van der Waals surface area (Å²) in [5.74, 6) is 0.748. The number of hydrogen-bond acceptors (Lipinski definition) is 10. The second-order valence-electron chi connectivity index (χ2n) is 18.4. The molecule has 2 N–H and O–H groups in total. The van der Waals surface area contributed by atoms with E-state index in [2.05, 4.69) is 46.7 Å². The molecule has 0 radical (unpaired) electrons. The van der Waals surface area contributed by atoms with Crippen LogP contribution in [0, 0.1) is 29.6 Å². The molecule has 332 valence electrons. The fourth-order valence-corrected chi connectivity index (χ4v) is 11.4. The molecule has 6 heterocycles. The number of methoxy groups -OCH3 is 2. The van der Waals surface area contributed by atoms with Crippen molar-refractivity contribution in [2.75, 3.05) is 40.6 Å². The number of imidazole rings is 1. The van der Waals surface area contributed by atoms with Crippen molar-refractivity contribution < 1.29 is 38.1 Å². The summed E-state index contributed by atoms with van der Waals surface area (Å²) in [6, 6.07) is 16.0. The van der Waals surface area contributed by atoms with E-state index in [0.29, 0.717) is 74.2 Å². The third kappa shape index (κ3) is 8.30. The van der Waals surface area contributed by atoms with E-state index >= 15 is 0 Å². The zero-order valence-corrected chi connectivity index (χ0v) is 36.6. The van der Waals surface area contributed by atoms with Gasteiger partial charge in [0, 0.05) is 62.4 Å². The number of allylic oxidation sites excluding steroid dienone is 1. The van der Waals surface area contributed by atoms with Crippen molar-refractivity contribution in [3.8, 4) is 22.4 Å². The van der Waals surface area contributed by atoms with Crippen LogP contribution in [-0.4, -0.2) is 114 Å². The third-order valence-corrected chi connectivity index (χ3v) is 15.1. The normalized spacial score (nSPS) is 27.5. The first-order valence-electron chi connectivity index (χ1n) is 22.6.